The highest BCUT2D eigenvalue weighted by Gasteiger charge is 2.25. The Hall–Kier alpha value is -0.560. The molecule has 1 saturated heterocycles. The highest BCUT2D eigenvalue weighted by Crippen LogP contribution is 2.27. The van der Waals surface area contributed by atoms with Crippen LogP contribution in [-0.4, -0.2) is 12.6 Å². The summed E-state index contributed by atoms with van der Waals surface area (Å²) in [6, 6.07) is 0.565. The topological polar surface area (TPSA) is 12.0 Å². The van der Waals surface area contributed by atoms with Crippen LogP contribution in [0.2, 0.25) is 0 Å². The molecule has 0 amide bonds. The van der Waals surface area contributed by atoms with E-state index in [0.29, 0.717) is 6.04 Å². The summed E-state index contributed by atoms with van der Waals surface area (Å²) in [6.07, 6.45) is 8.15. The molecule has 2 atom stereocenters. The maximum Gasteiger partial charge on any atom is 0.0465 e. The molecular weight excluding hydrogens is 122 g/mol. The average Bonchev–Trinajstić information content (AvgIpc) is 2.06. The van der Waals surface area contributed by atoms with Crippen LogP contribution >= 0.6 is 0 Å². The van der Waals surface area contributed by atoms with E-state index in [-0.39, 0.29) is 0 Å². The fourth-order valence-electron chi connectivity index (χ4n) is 1.80. The summed E-state index contributed by atoms with van der Waals surface area (Å²) in [5.74, 6) is 0.774. The van der Waals surface area contributed by atoms with Crippen LogP contribution in [-0.2, 0) is 0 Å². The van der Waals surface area contributed by atoms with E-state index in [1.807, 2.05) is 0 Å². The molecule has 2 heterocycles. The number of piperidine rings is 1. The van der Waals surface area contributed by atoms with Gasteiger partial charge in [-0.15, -0.1) is 0 Å². The van der Waals surface area contributed by atoms with E-state index in [1.165, 1.54) is 13.0 Å². The molecule has 0 spiro atoms. The zero-order valence-corrected chi connectivity index (χ0v) is 6.30. The highest BCUT2D eigenvalue weighted by molar-refractivity contribution is 5.27. The number of rotatable bonds is 0. The van der Waals surface area contributed by atoms with E-state index in [2.05, 4.69) is 30.5 Å². The first-order valence-corrected chi connectivity index (χ1v) is 3.97. The first kappa shape index (κ1) is 6.17. The molecule has 0 aromatic carbocycles. The normalized spacial score (nSPS) is 41.1. The number of hydrogen-bond acceptors (Lipinski definition) is 1. The van der Waals surface area contributed by atoms with E-state index in [4.69, 9.17) is 0 Å². The predicted molar refractivity (Wildman–Crippen MR) is 42.8 cm³/mol. The van der Waals surface area contributed by atoms with Gasteiger partial charge in [0.2, 0.25) is 0 Å². The summed E-state index contributed by atoms with van der Waals surface area (Å²) >= 11 is 0. The first-order valence-electron chi connectivity index (χ1n) is 3.97. The molecule has 0 saturated carbocycles. The Morgan fingerprint density at radius 3 is 2.80 bits per heavy atom. The number of allylic oxidation sites excluding steroid dienone is 1. The van der Waals surface area contributed by atoms with Crippen molar-refractivity contribution in [3.63, 3.8) is 0 Å². The highest BCUT2D eigenvalue weighted by atomic mass is 14.9. The van der Waals surface area contributed by atoms with Crippen molar-refractivity contribution in [1.82, 2.24) is 5.32 Å². The molecule has 1 aliphatic carbocycles. The third kappa shape index (κ3) is 0.816. The van der Waals surface area contributed by atoms with Crippen LogP contribution < -0.4 is 5.32 Å². The van der Waals surface area contributed by atoms with E-state index in [1.54, 1.807) is 5.57 Å². The number of nitrogens with one attached hydrogen (secondary N) is 1. The van der Waals surface area contributed by atoms with Crippen LogP contribution in [0.25, 0.3) is 0 Å². The van der Waals surface area contributed by atoms with Gasteiger partial charge in [0, 0.05) is 12.6 Å². The first-order chi connectivity index (χ1) is 4.90. The molecule has 2 unspecified atom stereocenters. The van der Waals surface area contributed by atoms with Crippen molar-refractivity contribution in [2.24, 2.45) is 5.92 Å². The van der Waals surface area contributed by atoms with Crippen molar-refractivity contribution in [2.75, 3.05) is 6.54 Å². The SMILES string of the molecule is C/C=C1\CC2C=CC1NC2. The molecule has 1 fully saturated rings. The molecular formula is C9H13N. The van der Waals surface area contributed by atoms with Gasteiger partial charge in [0.15, 0.2) is 0 Å². The second-order valence-electron chi connectivity index (χ2n) is 3.10. The molecule has 3 aliphatic rings. The summed E-state index contributed by atoms with van der Waals surface area (Å²) < 4.78 is 0. The van der Waals surface area contributed by atoms with Gasteiger partial charge >= 0.3 is 0 Å². The van der Waals surface area contributed by atoms with Crippen LogP contribution in [0.3, 0.4) is 0 Å². The van der Waals surface area contributed by atoms with E-state index >= 15 is 0 Å². The Labute approximate surface area is 61.8 Å². The molecule has 1 N–H and O–H groups in total. The van der Waals surface area contributed by atoms with E-state index in [0.717, 1.165) is 5.92 Å². The minimum absolute atomic E-state index is 0.565. The lowest BCUT2D eigenvalue weighted by molar-refractivity contribution is 0.440. The second-order valence-corrected chi connectivity index (χ2v) is 3.10. The quantitative estimate of drug-likeness (QED) is 0.496. The van der Waals surface area contributed by atoms with Gasteiger partial charge in [0.25, 0.3) is 0 Å². The maximum atomic E-state index is 3.46. The molecule has 1 heteroatoms. The molecule has 0 radical (unpaired) electrons. The lowest BCUT2D eigenvalue weighted by atomic mass is 9.84. The van der Waals surface area contributed by atoms with Crippen molar-refractivity contribution in [1.29, 1.82) is 0 Å². The summed E-state index contributed by atoms with van der Waals surface area (Å²) in [5.41, 5.74) is 1.57. The third-order valence-electron chi connectivity index (χ3n) is 2.44. The second kappa shape index (κ2) is 2.24. The van der Waals surface area contributed by atoms with Crippen molar-refractivity contribution in [3.05, 3.63) is 23.8 Å². The summed E-state index contributed by atoms with van der Waals surface area (Å²) in [4.78, 5) is 0. The Kier molecular flexibility index (Phi) is 1.38. The molecule has 0 aromatic heterocycles. The van der Waals surface area contributed by atoms with Gasteiger partial charge in [-0.1, -0.05) is 23.8 Å². The minimum Gasteiger partial charge on any atom is -0.306 e. The van der Waals surface area contributed by atoms with Gasteiger partial charge in [-0.05, 0) is 19.3 Å². The van der Waals surface area contributed by atoms with Gasteiger partial charge in [0.1, 0.15) is 0 Å². The van der Waals surface area contributed by atoms with Gasteiger partial charge < -0.3 is 5.32 Å². The third-order valence-corrected chi connectivity index (χ3v) is 2.44. The largest absolute Gasteiger partial charge is 0.306 e. The maximum absolute atomic E-state index is 3.46. The molecule has 2 aliphatic heterocycles. The fourth-order valence-corrected chi connectivity index (χ4v) is 1.80. The lowest BCUT2D eigenvalue weighted by Gasteiger charge is -2.34. The van der Waals surface area contributed by atoms with Gasteiger partial charge in [-0.25, -0.2) is 0 Å². The van der Waals surface area contributed by atoms with Crippen LogP contribution in [0.4, 0.5) is 0 Å². The Morgan fingerprint density at radius 1 is 1.60 bits per heavy atom. The molecule has 2 bridgehead atoms. The van der Waals surface area contributed by atoms with Crippen molar-refractivity contribution >= 4 is 0 Å². The van der Waals surface area contributed by atoms with Crippen LogP contribution in [0.1, 0.15) is 13.3 Å². The average molecular weight is 135 g/mol. The van der Waals surface area contributed by atoms with Gasteiger partial charge in [-0.2, -0.15) is 0 Å². The van der Waals surface area contributed by atoms with Crippen LogP contribution in [0.15, 0.2) is 23.8 Å². The molecule has 1 nitrogen and oxygen atoms in total. The summed E-state index contributed by atoms with van der Waals surface area (Å²) in [7, 11) is 0. The molecule has 10 heavy (non-hydrogen) atoms. The summed E-state index contributed by atoms with van der Waals surface area (Å²) in [5, 5.41) is 3.46. The van der Waals surface area contributed by atoms with E-state index in [9.17, 15) is 0 Å². The number of hydrogen-bond donors (Lipinski definition) is 1. The van der Waals surface area contributed by atoms with Crippen LogP contribution in [0, 0.1) is 5.92 Å². The standard InChI is InChI=1S/C9H13N/c1-2-8-5-7-3-4-9(8)10-6-7/h2-4,7,9-10H,5-6H2,1H3/b8-2+. The van der Waals surface area contributed by atoms with Crippen molar-refractivity contribution in [3.8, 4) is 0 Å². The molecule has 3 rings (SSSR count). The monoisotopic (exact) mass is 135 g/mol. The lowest BCUT2D eigenvalue weighted by Crippen LogP contribution is -2.42. The smallest absolute Gasteiger partial charge is 0.0465 e. The van der Waals surface area contributed by atoms with Gasteiger partial charge in [0.05, 0.1) is 0 Å². The van der Waals surface area contributed by atoms with Crippen molar-refractivity contribution in [2.45, 2.75) is 19.4 Å². The Balaban J connectivity index is 2.27. The fraction of sp³-hybridized carbons (Fsp3) is 0.556. The van der Waals surface area contributed by atoms with Gasteiger partial charge in [-0.3, -0.25) is 0 Å². The number of fused-ring (bicyclic) bond motifs is 2. The molecule has 54 valence electrons. The predicted octanol–water partition coefficient (Wildman–Crippen LogP) is 1.48. The van der Waals surface area contributed by atoms with E-state index < -0.39 is 0 Å². The zero-order valence-electron chi connectivity index (χ0n) is 6.30. The zero-order chi connectivity index (χ0) is 6.97. The Bertz CT molecular complexity index is 191. The summed E-state index contributed by atoms with van der Waals surface area (Å²) in [6.45, 7) is 3.31. The van der Waals surface area contributed by atoms with Crippen LogP contribution in [0.5, 0.6) is 0 Å². The van der Waals surface area contributed by atoms with Crippen molar-refractivity contribution < 1.29 is 0 Å². The Morgan fingerprint density at radius 2 is 2.50 bits per heavy atom. The minimum atomic E-state index is 0.565. The molecule has 0 aromatic rings.